The highest BCUT2D eigenvalue weighted by Crippen LogP contribution is 2.38. The molecule has 1 aliphatic heterocycles. The molecule has 0 saturated heterocycles. The van der Waals surface area contributed by atoms with Crippen LogP contribution in [0.15, 0.2) is 17.0 Å². The van der Waals surface area contributed by atoms with Crippen molar-refractivity contribution in [2.24, 2.45) is 0 Å². The van der Waals surface area contributed by atoms with Gasteiger partial charge in [0.2, 0.25) is 5.91 Å². The number of benzene rings is 1. The topological polar surface area (TPSA) is 29.1 Å². The van der Waals surface area contributed by atoms with Crippen molar-refractivity contribution in [3.8, 4) is 0 Å². The van der Waals surface area contributed by atoms with Gasteiger partial charge in [-0.25, -0.2) is 0 Å². The Kier molecular flexibility index (Phi) is 2.27. The Morgan fingerprint density at radius 3 is 2.79 bits per heavy atom. The first-order valence-corrected chi connectivity index (χ1v) is 5.54. The summed E-state index contributed by atoms with van der Waals surface area (Å²) in [5, 5.41) is 2.96. The lowest BCUT2D eigenvalue weighted by atomic mass is 10.1. The number of hydrogen-bond acceptors (Lipinski definition) is 2. The Balaban J connectivity index is 2.51. The SMILES string of the molecule is Cc1cc(C)c2c(c1)SC(C)C(=O)N2. The third-order valence-corrected chi connectivity index (χ3v) is 3.51. The Morgan fingerprint density at radius 1 is 1.36 bits per heavy atom. The first kappa shape index (κ1) is 9.59. The minimum atomic E-state index is 0.0173. The van der Waals surface area contributed by atoms with E-state index in [0.717, 1.165) is 11.3 Å². The number of carbonyl (C=O) groups is 1. The largest absolute Gasteiger partial charge is 0.324 e. The summed E-state index contributed by atoms with van der Waals surface area (Å²) in [6.45, 7) is 6.04. The average Bonchev–Trinajstić information content (AvgIpc) is 2.08. The van der Waals surface area contributed by atoms with Crippen LogP contribution in [0.2, 0.25) is 0 Å². The van der Waals surface area contributed by atoms with Gasteiger partial charge in [-0.15, -0.1) is 11.8 Å². The van der Waals surface area contributed by atoms with Crippen LogP contribution in [-0.2, 0) is 4.79 Å². The molecule has 2 nitrogen and oxygen atoms in total. The van der Waals surface area contributed by atoms with Gasteiger partial charge in [-0.05, 0) is 38.0 Å². The van der Waals surface area contributed by atoms with E-state index in [1.807, 2.05) is 13.8 Å². The van der Waals surface area contributed by atoms with Gasteiger partial charge in [0.1, 0.15) is 0 Å². The lowest BCUT2D eigenvalue weighted by Gasteiger charge is -2.23. The molecule has 1 unspecified atom stereocenters. The van der Waals surface area contributed by atoms with E-state index in [1.54, 1.807) is 11.8 Å². The molecule has 0 aromatic heterocycles. The normalized spacial score (nSPS) is 20.2. The molecule has 1 aliphatic rings. The van der Waals surface area contributed by atoms with E-state index in [0.29, 0.717) is 0 Å². The molecule has 1 atom stereocenters. The smallest absolute Gasteiger partial charge is 0.237 e. The van der Waals surface area contributed by atoms with Crippen molar-refractivity contribution in [2.75, 3.05) is 5.32 Å². The lowest BCUT2D eigenvalue weighted by molar-refractivity contribution is -0.115. The number of thioether (sulfide) groups is 1. The van der Waals surface area contributed by atoms with Crippen LogP contribution in [0.1, 0.15) is 18.1 Å². The molecule has 1 aromatic rings. The van der Waals surface area contributed by atoms with Crippen LogP contribution in [0.3, 0.4) is 0 Å². The van der Waals surface area contributed by atoms with Crippen LogP contribution in [0.25, 0.3) is 0 Å². The van der Waals surface area contributed by atoms with Crippen LogP contribution in [-0.4, -0.2) is 11.2 Å². The van der Waals surface area contributed by atoms with Gasteiger partial charge in [0.15, 0.2) is 0 Å². The zero-order valence-electron chi connectivity index (χ0n) is 8.55. The molecule has 0 fully saturated rings. The molecule has 1 amide bonds. The fraction of sp³-hybridized carbons (Fsp3) is 0.364. The van der Waals surface area contributed by atoms with Crippen LogP contribution in [0.4, 0.5) is 5.69 Å². The molecule has 3 heteroatoms. The van der Waals surface area contributed by atoms with Crippen molar-refractivity contribution in [3.05, 3.63) is 23.3 Å². The highest BCUT2D eigenvalue weighted by Gasteiger charge is 2.23. The first-order chi connectivity index (χ1) is 6.58. The average molecular weight is 207 g/mol. The molecule has 74 valence electrons. The molecule has 1 aromatic carbocycles. The number of anilines is 1. The molecule has 1 heterocycles. The van der Waals surface area contributed by atoms with Crippen LogP contribution < -0.4 is 5.32 Å². The van der Waals surface area contributed by atoms with Gasteiger partial charge in [-0.1, -0.05) is 6.07 Å². The zero-order valence-corrected chi connectivity index (χ0v) is 9.37. The number of fused-ring (bicyclic) bond motifs is 1. The second kappa shape index (κ2) is 3.31. The minimum absolute atomic E-state index is 0.0173. The fourth-order valence-electron chi connectivity index (χ4n) is 1.65. The van der Waals surface area contributed by atoms with Crippen LogP contribution in [0.5, 0.6) is 0 Å². The Bertz CT molecular complexity index is 401. The molecule has 0 aliphatic carbocycles. The first-order valence-electron chi connectivity index (χ1n) is 4.66. The van der Waals surface area contributed by atoms with Crippen LogP contribution in [0, 0.1) is 13.8 Å². The van der Waals surface area contributed by atoms with E-state index < -0.39 is 0 Å². The third-order valence-electron chi connectivity index (χ3n) is 2.36. The summed E-state index contributed by atoms with van der Waals surface area (Å²) in [7, 11) is 0. The van der Waals surface area contributed by atoms with E-state index in [9.17, 15) is 4.79 Å². The summed E-state index contributed by atoms with van der Waals surface area (Å²) >= 11 is 1.64. The van der Waals surface area contributed by atoms with E-state index in [1.165, 1.54) is 10.5 Å². The minimum Gasteiger partial charge on any atom is -0.324 e. The number of nitrogens with one attached hydrogen (secondary N) is 1. The molecule has 1 N–H and O–H groups in total. The highest BCUT2D eigenvalue weighted by atomic mass is 32.2. The predicted octanol–water partition coefficient (Wildman–Crippen LogP) is 2.74. The third kappa shape index (κ3) is 1.52. The number of carbonyl (C=O) groups excluding carboxylic acids is 1. The van der Waals surface area contributed by atoms with E-state index in [-0.39, 0.29) is 11.2 Å². The highest BCUT2D eigenvalue weighted by molar-refractivity contribution is 8.01. The molecule has 14 heavy (non-hydrogen) atoms. The van der Waals surface area contributed by atoms with Gasteiger partial charge in [-0.3, -0.25) is 4.79 Å². The summed E-state index contributed by atoms with van der Waals surface area (Å²) in [4.78, 5) is 12.7. The van der Waals surface area contributed by atoms with E-state index >= 15 is 0 Å². The summed E-state index contributed by atoms with van der Waals surface area (Å²) in [5.41, 5.74) is 3.38. The van der Waals surface area contributed by atoms with Gasteiger partial charge in [0.05, 0.1) is 10.9 Å². The standard InChI is InChI=1S/C11H13NOS/c1-6-4-7(2)10-9(5-6)14-8(3)11(13)12-10/h4-5,8H,1-3H3,(H,12,13). The van der Waals surface area contributed by atoms with Crippen molar-refractivity contribution in [1.29, 1.82) is 0 Å². The Morgan fingerprint density at radius 2 is 2.07 bits per heavy atom. The summed E-state index contributed by atoms with van der Waals surface area (Å²) in [6.07, 6.45) is 0. The van der Waals surface area contributed by atoms with Crippen molar-refractivity contribution in [3.63, 3.8) is 0 Å². The maximum Gasteiger partial charge on any atom is 0.237 e. The molecular weight excluding hydrogens is 194 g/mol. The molecular formula is C11H13NOS. The maximum atomic E-state index is 11.5. The number of hydrogen-bond donors (Lipinski definition) is 1. The predicted molar refractivity (Wildman–Crippen MR) is 59.9 cm³/mol. The molecule has 0 saturated carbocycles. The molecule has 2 rings (SSSR count). The van der Waals surface area contributed by atoms with E-state index in [4.69, 9.17) is 0 Å². The van der Waals surface area contributed by atoms with Gasteiger partial charge in [0, 0.05) is 4.90 Å². The van der Waals surface area contributed by atoms with Crippen LogP contribution >= 0.6 is 11.8 Å². The second-order valence-electron chi connectivity index (χ2n) is 3.70. The van der Waals surface area contributed by atoms with Crippen molar-refractivity contribution < 1.29 is 4.79 Å². The number of aryl methyl sites for hydroxylation is 2. The van der Waals surface area contributed by atoms with Gasteiger partial charge in [-0.2, -0.15) is 0 Å². The van der Waals surface area contributed by atoms with Crippen molar-refractivity contribution >= 4 is 23.4 Å². The second-order valence-corrected chi connectivity index (χ2v) is 5.09. The Labute approximate surface area is 88.1 Å². The van der Waals surface area contributed by atoms with Crippen molar-refractivity contribution in [2.45, 2.75) is 30.9 Å². The van der Waals surface area contributed by atoms with Gasteiger partial charge in [0.25, 0.3) is 0 Å². The van der Waals surface area contributed by atoms with Gasteiger partial charge < -0.3 is 5.32 Å². The number of amides is 1. The number of rotatable bonds is 0. The molecule has 0 bridgehead atoms. The lowest BCUT2D eigenvalue weighted by Crippen LogP contribution is -2.27. The summed E-state index contributed by atoms with van der Waals surface area (Å²) in [5.74, 6) is 0.106. The quantitative estimate of drug-likeness (QED) is 0.708. The molecule has 0 radical (unpaired) electrons. The fourth-order valence-corrected chi connectivity index (χ4v) is 2.78. The monoisotopic (exact) mass is 207 g/mol. The maximum absolute atomic E-state index is 11.5. The van der Waals surface area contributed by atoms with Crippen molar-refractivity contribution in [1.82, 2.24) is 0 Å². The summed E-state index contributed by atoms with van der Waals surface area (Å²) < 4.78 is 0. The molecule has 0 spiro atoms. The zero-order chi connectivity index (χ0) is 10.3. The van der Waals surface area contributed by atoms with Gasteiger partial charge >= 0.3 is 0 Å². The summed E-state index contributed by atoms with van der Waals surface area (Å²) in [6, 6.07) is 4.22. The van der Waals surface area contributed by atoms with E-state index in [2.05, 4.69) is 24.4 Å². The Hall–Kier alpha value is -0.960.